The van der Waals surface area contributed by atoms with E-state index in [4.69, 9.17) is 4.74 Å². The summed E-state index contributed by atoms with van der Waals surface area (Å²) in [5, 5.41) is 20.6. The van der Waals surface area contributed by atoms with Crippen LogP contribution in [-0.4, -0.2) is 21.6 Å². The van der Waals surface area contributed by atoms with Gasteiger partial charge in [0.1, 0.15) is 28.4 Å². The predicted molar refractivity (Wildman–Crippen MR) is 106 cm³/mol. The molecule has 0 amide bonds. The molecule has 27 heavy (non-hydrogen) atoms. The van der Waals surface area contributed by atoms with Crippen molar-refractivity contribution < 1.29 is 19.7 Å². The number of carbonyl (C=O) groups excluding carboxylic acids is 1. The van der Waals surface area contributed by atoms with Gasteiger partial charge in [-0.15, -0.1) is 0 Å². The van der Waals surface area contributed by atoms with E-state index in [-0.39, 0.29) is 28.6 Å². The van der Waals surface area contributed by atoms with Crippen LogP contribution in [0, 0.1) is 0 Å². The van der Waals surface area contributed by atoms with Crippen molar-refractivity contribution >= 4 is 11.9 Å². The molecule has 0 radical (unpaired) electrons. The van der Waals surface area contributed by atoms with Crippen LogP contribution in [0.1, 0.15) is 55.1 Å². The summed E-state index contributed by atoms with van der Waals surface area (Å²) in [5.74, 6) is -0.522. The third kappa shape index (κ3) is 3.90. The monoisotopic (exact) mass is 364 g/mol. The van der Waals surface area contributed by atoms with Gasteiger partial charge in [0.25, 0.3) is 0 Å². The lowest BCUT2D eigenvalue weighted by molar-refractivity contribution is 0.100. The number of fused-ring (bicyclic) bond motifs is 1. The Kier molecular flexibility index (Phi) is 5.08. The number of aromatic hydroxyl groups is 2. The molecule has 3 rings (SSSR count). The number of ether oxygens (including phenoxy) is 1. The van der Waals surface area contributed by atoms with E-state index in [0.29, 0.717) is 17.5 Å². The molecule has 1 aliphatic rings. The molecule has 4 nitrogen and oxygen atoms in total. The molecule has 0 fully saturated rings. The number of phenolic OH excluding ortho intramolecular Hbond substituents is 2. The number of benzene rings is 2. The second kappa shape index (κ2) is 7.31. The number of phenols is 2. The van der Waals surface area contributed by atoms with Gasteiger partial charge in [0.2, 0.25) is 5.78 Å². The fourth-order valence-corrected chi connectivity index (χ4v) is 3.18. The standard InChI is InChI=1S/C23H24O4/c1-15(2)8-7-12-23(3)13-11-17-18(24)14-19(25)20(22(17)27-23)21(26)16-9-5-4-6-10-16/h4-6,8-11,13-14,24-25H,7,12H2,1-3H3. The van der Waals surface area contributed by atoms with Crippen LogP contribution in [0.15, 0.2) is 54.1 Å². The fraction of sp³-hybridized carbons (Fsp3) is 0.261. The first kappa shape index (κ1) is 18.8. The first-order valence-corrected chi connectivity index (χ1v) is 9.01. The van der Waals surface area contributed by atoms with E-state index >= 15 is 0 Å². The molecule has 1 aliphatic heterocycles. The first-order valence-electron chi connectivity index (χ1n) is 9.01. The number of rotatable bonds is 5. The van der Waals surface area contributed by atoms with Crippen LogP contribution in [0.2, 0.25) is 0 Å². The van der Waals surface area contributed by atoms with Crippen molar-refractivity contribution in [1.29, 1.82) is 0 Å². The van der Waals surface area contributed by atoms with Crippen LogP contribution in [-0.2, 0) is 0 Å². The van der Waals surface area contributed by atoms with Crippen molar-refractivity contribution in [3.63, 3.8) is 0 Å². The average molecular weight is 364 g/mol. The van der Waals surface area contributed by atoms with E-state index in [1.54, 1.807) is 30.3 Å². The lowest BCUT2D eigenvalue weighted by Gasteiger charge is -2.33. The van der Waals surface area contributed by atoms with Crippen LogP contribution in [0.4, 0.5) is 0 Å². The Morgan fingerprint density at radius 1 is 1.15 bits per heavy atom. The molecule has 4 heteroatoms. The van der Waals surface area contributed by atoms with E-state index in [9.17, 15) is 15.0 Å². The maximum Gasteiger partial charge on any atom is 0.200 e. The molecular formula is C23H24O4. The molecular weight excluding hydrogens is 340 g/mol. The number of hydrogen-bond donors (Lipinski definition) is 2. The van der Waals surface area contributed by atoms with Gasteiger partial charge in [-0.05, 0) is 45.8 Å². The second-order valence-electron chi connectivity index (χ2n) is 7.30. The number of hydrogen-bond acceptors (Lipinski definition) is 4. The minimum Gasteiger partial charge on any atom is -0.507 e. The molecule has 2 N–H and O–H groups in total. The summed E-state index contributed by atoms with van der Waals surface area (Å²) in [6.45, 7) is 6.02. The van der Waals surface area contributed by atoms with E-state index in [1.807, 2.05) is 32.9 Å². The van der Waals surface area contributed by atoms with Gasteiger partial charge >= 0.3 is 0 Å². The minimum absolute atomic E-state index is 0.0757. The fourth-order valence-electron chi connectivity index (χ4n) is 3.18. The first-order chi connectivity index (χ1) is 12.8. The van der Waals surface area contributed by atoms with Gasteiger partial charge in [0.15, 0.2) is 0 Å². The predicted octanol–water partition coefficient (Wildman–Crippen LogP) is 5.24. The summed E-state index contributed by atoms with van der Waals surface area (Å²) in [5.41, 5.74) is 1.53. The molecule has 0 spiro atoms. The Bertz CT molecular complexity index is 921. The normalized spacial score (nSPS) is 17.7. The van der Waals surface area contributed by atoms with Gasteiger partial charge in [-0.1, -0.05) is 42.0 Å². The van der Waals surface area contributed by atoms with Gasteiger partial charge in [-0.3, -0.25) is 4.79 Å². The Hall–Kier alpha value is -3.01. The highest BCUT2D eigenvalue weighted by molar-refractivity contribution is 6.13. The average Bonchev–Trinajstić information content (AvgIpc) is 2.61. The zero-order valence-corrected chi connectivity index (χ0v) is 15.8. The Morgan fingerprint density at radius 2 is 1.85 bits per heavy atom. The number of carbonyl (C=O) groups is 1. The van der Waals surface area contributed by atoms with Gasteiger partial charge in [0, 0.05) is 11.6 Å². The molecule has 0 saturated heterocycles. The quantitative estimate of drug-likeness (QED) is 0.562. The minimum atomic E-state index is -0.634. The summed E-state index contributed by atoms with van der Waals surface area (Å²) >= 11 is 0. The highest BCUT2D eigenvalue weighted by Gasteiger charge is 2.33. The zero-order valence-electron chi connectivity index (χ0n) is 15.8. The second-order valence-corrected chi connectivity index (χ2v) is 7.30. The van der Waals surface area contributed by atoms with Crippen molar-refractivity contribution in [1.82, 2.24) is 0 Å². The van der Waals surface area contributed by atoms with E-state index in [2.05, 4.69) is 6.08 Å². The van der Waals surface area contributed by atoms with Crippen molar-refractivity contribution in [2.75, 3.05) is 0 Å². The summed E-state index contributed by atoms with van der Waals surface area (Å²) in [6.07, 6.45) is 7.32. The molecule has 0 aliphatic carbocycles. The van der Waals surface area contributed by atoms with Crippen molar-refractivity contribution in [2.45, 2.75) is 39.2 Å². The largest absolute Gasteiger partial charge is 0.507 e. The van der Waals surface area contributed by atoms with Crippen LogP contribution < -0.4 is 4.74 Å². The molecule has 2 aromatic carbocycles. The number of allylic oxidation sites excluding steroid dienone is 2. The summed E-state index contributed by atoms with van der Waals surface area (Å²) in [6, 6.07) is 9.92. The lowest BCUT2D eigenvalue weighted by atomic mass is 9.91. The molecule has 140 valence electrons. The Balaban J connectivity index is 2.03. The van der Waals surface area contributed by atoms with E-state index in [0.717, 1.165) is 6.42 Å². The molecule has 0 bridgehead atoms. The molecule has 1 atom stereocenters. The molecule has 2 aromatic rings. The van der Waals surface area contributed by atoms with Crippen molar-refractivity contribution in [3.05, 3.63) is 70.8 Å². The topological polar surface area (TPSA) is 66.8 Å². The smallest absolute Gasteiger partial charge is 0.200 e. The maximum absolute atomic E-state index is 13.0. The van der Waals surface area contributed by atoms with Gasteiger partial charge in [-0.25, -0.2) is 0 Å². The summed E-state index contributed by atoms with van der Waals surface area (Å²) in [4.78, 5) is 13.0. The highest BCUT2D eigenvalue weighted by atomic mass is 16.5. The van der Waals surface area contributed by atoms with Gasteiger partial charge in [-0.2, -0.15) is 0 Å². The highest BCUT2D eigenvalue weighted by Crippen LogP contribution is 2.45. The van der Waals surface area contributed by atoms with Crippen LogP contribution in [0.5, 0.6) is 17.2 Å². The molecule has 1 unspecified atom stereocenters. The van der Waals surface area contributed by atoms with Crippen molar-refractivity contribution in [3.8, 4) is 17.2 Å². The van der Waals surface area contributed by atoms with Crippen LogP contribution in [0.3, 0.4) is 0 Å². The van der Waals surface area contributed by atoms with E-state index in [1.165, 1.54) is 11.6 Å². The SMILES string of the molecule is CC(C)=CCCC1(C)C=Cc2c(O)cc(O)c(C(=O)c3ccccc3)c2O1. The third-order valence-electron chi connectivity index (χ3n) is 4.67. The summed E-state index contributed by atoms with van der Waals surface area (Å²) < 4.78 is 6.18. The molecule has 0 aromatic heterocycles. The Labute approximate surface area is 159 Å². The van der Waals surface area contributed by atoms with Crippen LogP contribution in [0.25, 0.3) is 6.08 Å². The van der Waals surface area contributed by atoms with Gasteiger partial charge in [0.05, 0.1) is 5.56 Å². The summed E-state index contributed by atoms with van der Waals surface area (Å²) in [7, 11) is 0. The van der Waals surface area contributed by atoms with Gasteiger partial charge < -0.3 is 14.9 Å². The zero-order chi connectivity index (χ0) is 19.6. The third-order valence-corrected chi connectivity index (χ3v) is 4.67. The molecule has 1 heterocycles. The van der Waals surface area contributed by atoms with E-state index < -0.39 is 5.60 Å². The number of ketones is 1. The Morgan fingerprint density at radius 3 is 2.52 bits per heavy atom. The molecule has 0 saturated carbocycles. The van der Waals surface area contributed by atoms with Crippen molar-refractivity contribution in [2.24, 2.45) is 0 Å². The van der Waals surface area contributed by atoms with Crippen LogP contribution >= 0.6 is 0 Å². The maximum atomic E-state index is 13.0. The lowest BCUT2D eigenvalue weighted by Crippen LogP contribution is -2.32.